The van der Waals surface area contributed by atoms with Crippen molar-refractivity contribution in [2.45, 2.75) is 45.3 Å². The number of carbonyl (C=O) groups is 1. The van der Waals surface area contributed by atoms with Crippen LogP contribution in [0, 0.1) is 23.0 Å². The zero-order valence-electron chi connectivity index (χ0n) is 24.2. The molecule has 2 unspecified atom stereocenters. The van der Waals surface area contributed by atoms with Crippen LogP contribution in [0.2, 0.25) is 0 Å². The quantitative estimate of drug-likeness (QED) is 0.209. The number of benzene rings is 2. The van der Waals surface area contributed by atoms with Crippen molar-refractivity contribution in [3.63, 3.8) is 0 Å². The molecule has 2 fully saturated rings. The first-order chi connectivity index (χ1) is 20.4. The van der Waals surface area contributed by atoms with E-state index in [2.05, 4.69) is 40.5 Å². The second-order valence-corrected chi connectivity index (χ2v) is 11.5. The maximum Gasteiger partial charge on any atom is 0.270 e. The summed E-state index contributed by atoms with van der Waals surface area (Å²) in [7, 11) is 1.74. The number of nitro groups is 1. The largest absolute Gasteiger partial charge is 0.381 e. The molecule has 1 aliphatic carbocycles. The number of pyridine rings is 1. The molecule has 0 radical (unpaired) electrons. The summed E-state index contributed by atoms with van der Waals surface area (Å²) in [5.41, 5.74) is 6.80. The SMILES string of the molecule is COC1CCCC(C(=O)N2CCN(Cc3c(-c4ccc(C)cc4)nc4ccc(-c5cccc([N+](=O)[O-])c5)cn34)CC2)C1. The Morgan fingerprint density at radius 2 is 1.76 bits per heavy atom. The van der Waals surface area contributed by atoms with E-state index in [1.54, 1.807) is 19.2 Å². The van der Waals surface area contributed by atoms with Crippen molar-refractivity contribution in [3.05, 3.63) is 88.2 Å². The molecule has 9 heteroatoms. The van der Waals surface area contributed by atoms with E-state index in [0.717, 1.165) is 72.5 Å². The molecule has 2 aromatic carbocycles. The Labute approximate surface area is 245 Å². The number of piperazine rings is 1. The lowest BCUT2D eigenvalue weighted by molar-refractivity contribution is -0.384. The van der Waals surface area contributed by atoms with E-state index in [1.165, 1.54) is 11.6 Å². The normalized spacial score (nSPS) is 19.7. The van der Waals surface area contributed by atoms with Crippen LogP contribution in [-0.2, 0) is 16.1 Å². The van der Waals surface area contributed by atoms with Gasteiger partial charge in [0.05, 0.1) is 22.4 Å². The van der Waals surface area contributed by atoms with Crippen molar-refractivity contribution >= 4 is 17.2 Å². The Balaban J connectivity index is 1.27. The monoisotopic (exact) mass is 567 g/mol. The highest BCUT2D eigenvalue weighted by molar-refractivity contribution is 5.79. The third kappa shape index (κ3) is 5.80. The maximum absolute atomic E-state index is 13.3. The number of hydrogen-bond acceptors (Lipinski definition) is 6. The highest BCUT2D eigenvalue weighted by Crippen LogP contribution is 2.31. The Bertz CT molecular complexity index is 1590. The summed E-state index contributed by atoms with van der Waals surface area (Å²) in [6.07, 6.45) is 6.08. The van der Waals surface area contributed by atoms with Crippen LogP contribution in [0.3, 0.4) is 0 Å². The Morgan fingerprint density at radius 3 is 2.50 bits per heavy atom. The van der Waals surface area contributed by atoms with Gasteiger partial charge in [0.15, 0.2) is 0 Å². The van der Waals surface area contributed by atoms with Gasteiger partial charge in [0.2, 0.25) is 5.91 Å². The average molecular weight is 568 g/mol. The molecule has 0 bridgehead atoms. The number of fused-ring (bicyclic) bond motifs is 1. The number of carbonyl (C=O) groups excluding carboxylic acids is 1. The molecule has 2 aromatic heterocycles. The van der Waals surface area contributed by atoms with Crippen molar-refractivity contribution in [2.75, 3.05) is 33.3 Å². The highest BCUT2D eigenvalue weighted by Gasteiger charge is 2.32. The number of methoxy groups -OCH3 is 1. The number of non-ortho nitro benzene ring substituents is 1. The van der Waals surface area contributed by atoms with Gasteiger partial charge in [-0.25, -0.2) is 4.98 Å². The molecule has 6 rings (SSSR count). The fourth-order valence-corrected chi connectivity index (χ4v) is 6.34. The smallest absolute Gasteiger partial charge is 0.270 e. The molecule has 0 spiro atoms. The number of amides is 1. The minimum Gasteiger partial charge on any atom is -0.381 e. The molecule has 218 valence electrons. The number of aryl methyl sites for hydroxylation is 1. The summed E-state index contributed by atoms with van der Waals surface area (Å²) in [5, 5.41) is 11.4. The second-order valence-electron chi connectivity index (χ2n) is 11.5. The average Bonchev–Trinajstić information content (AvgIpc) is 3.38. The van der Waals surface area contributed by atoms with Gasteiger partial charge in [0.25, 0.3) is 5.69 Å². The molecular formula is C33H37N5O4. The van der Waals surface area contributed by atoms with Crippen molar-refractivity contribution in [2.24, 2.45) is 5.92 Å². The fraction of sp³-hybridized carbons (Fsp3) is 0.394. The van der Waals surface area contributed by atoms with Gasteiger partial charge in [-0.05, 0) is 49.4 Å². The third-order valence-electron chi connectivity index (χ3n) is 8.80. The van der Waals surface area contributed by atoms with Crippen LogP contribution in [0.25, 0.3) is 28.0 Å². The van der Waals surface area contributed by atoms with Crippen LogP contribution >= 0.6 is 0 Å². The van der Waals surface area contributed by atoms with Gasteiger partial charge < -0.3 is 14.0 Å². The van der Waals surface area contributed by atoms with Crippen molar-refractivity contribution in [1.82, 2.24) is 19.2 Å². The van der Waals surface area contributed by atoms with Crippen LogP contribution < -0.4 is 0 Å². The summed E-state index contributed by atoms with van der Waals surface area (Å²) >= 11 is 0. The molecule has 0 N–H and O–H groups in total. The van der Waals surface area contributed by atoms with Crippen molar-refractivity contribution < 1.29 is 14.5 Å². The molecule has 1 saturated heterocycles. The molecule has 9 nitrogen and oxygen atoms in total. The summed E-state index contributed by atoms with van der Waals surface area (Å²) in [5.74, 6) is 0.336. The van der Waals surface area contributed by atoms with E-state index in [1.807, 2.05) is 29.3 Å². The molecule has 2 aliphatic rings. The lowest BCUT2D eigenvalue weighted by Gasteiger charge is -2.38. The minimum absolute atomic E-state index is 0.0643. The van der Waals surface area contributed by atoms with E-state index in [0.29, 0.717) is 19.6 Å². The number of rotatable bonds is 7. The first kappa shape index (κ1) is 28.1. The van der Waals surface area contributed by atoms with Crippen LogP contribution in [0.5, 0.6) is 0 Å². The van der Waals surface area contributed by atoms with E-state index in [-0.39, 0.29) is 28.5 Å². The third-order valence-corrected chi connectivity index (χ3v) is 8.80. The summed E-state index contributed by atoms with van der Waals surface area (Å²) in [6.45, 7) is 5.75. The molecule has 1 saturated carbocycles. The van der Waals surface area contributed by atoms with Gasteiger partial charge in [0, 0.05) is 69.6 Å². The summed E-state index contributed by atoms with van der Waals surface area (Å²) in [4.78, 5) is 33.8. The van der Waals surface area contributed by atoms with Gasteiger partial charge >= 0.3 is 0 Å². The van der Waals surface area contributed by atoms with Crippen LogP contribution in [0.15, 0.2) is 66.9 Å². The standard InChI is InChI=1S/C33H37N5O4/c1-23-9-11-24(12-10-23)32-30(22-35-15-17-36(18-16-35)33(39)26-6-4-8-29(20-26)42-2)37-21-27(13-14-31(37)34-32)25-5-3-7-28(19-25)38(40)41/h3,5,7,9-14,19,21,26,29H,4,6,8,15-18,20,22H2,1-2H3. The Morgan fingerprint density at radius 1 is 1.00 bits per heavy atom. The van der Waals surface area contributed by atoms with Gasteiger partial charge in [-0.2, -0.15) is 0 Å². The van der Waals surface area contributed by atoms with E-state index >= 15 is 0 Å². The Kier molecular flexibility index (Phi) is 8.04. The maximum atomic E-state index is 13.3. The molecular weight excluding hydrogens is 530 g/mol. The van der Waals surface area contributed by atoms with E-state index in [9.17, 15) is 14.9 Å². The summed E-state index contributed by atoms with van der Waals surface area (Å²) in [6, 6.07) is 19.1. The van der Waals surface area contributed by atoms with E-state index in [4.69, 9.17) is 9.72 Å². The van der Waals surface area contributed by atoms with Crippen LogP contribution in [0.1, 0.15) is 36.9 Å². The fourth-order valence-electron chi connectivity index (χ4n) is 6.34. The first-order valence-electron chi connectivity index (χ1n) is 14.8. The predicted octanol–water partition coefficient (Wildman–Crippen LogP) is 5.73. The van der Waals surface area contributed by atoms with Gasteiger partial charge in [-0.1, -0.05) is 48.4 Å². The first-order valence-corrected chi connectivity index (χ1v) is 14.8. The van der Waals surface area contributed by atoms with E-state index < -0.39 is 0 Å². The van der Waals surface area contributed by atoms with Crippen LogP contribution in [0.4, 0.5) is 5.69 Å². The van der Waals surface area contributed by atoms with Crippen LogP contribution in [-0.4, -0.2) is 69.4 Å². The minimum atomic E-state index is -0.366. The predicted molar refractivity (Wildman–Crippen MR) is 162 cm³/mol. The molecule has 1 aliphatic heterocycles. The van der Waals surface area contributed by atoms with Crippen molar-refractivity contribution in [3.8, 4) is 22.4 Å². The highest BCUT2D eigenvalue weighted by atomic mass is 16.6. The number of imidazole rings is 1. The lowest BCUT2D eigenvalue weighted by Crippen LogP contribution is -2.50. The molecule has 2 atom stereocenters. The zero-order valence-corrected chi connectivity index (χ0v) is 24.2. The second kappa shape index (κ2) is 12.0. The van der Waals surface area contributed by atoms with Crippen molar-refractivity contribution in [1.29, 1.82) is 0 Å². The molecule has 4 aromatic rings. The number of aromatic nitrogens is 2. The number of nitro benzene ring substituents is 1. The topological polar surface area (TPSA) is 93.2 Å². The summed E-state index contributed by atoms with van der Waals surface area (Å²) < 4.78 is 7.68. The number of hydrogen-bond donors (Lipinski definition) is 0. The number of nitrogens with zero attached hydrogens (tertiary/aromatic N) is 5. The molecule has 42 heavy (non-hydrogen) atoms. The van der Waals surface area contributed by atoms with Gasteiger partial charge in [-0.3, -0.25) is 19.8 Å². The Hall–Kier alpha value is -4.08. The van der Waals surface area contributed by atoms with Gasteiger partial charge in [-0.15, -0.1) is 0 Å². The zero-order chi connectivity index (χ0) is 29.2. The molecule has 1 amide bonds. The van der Waals surface area contributed by atoms with Gasteiger partial charge in [0.1, 0.15) is 5.65 Å². The lowest BCUT2D eigenvalue weighted by atomic mass is 9.86. The number of ether oxygens (including phenoxy) is 1. The molecule has 3 heterocycles.